The molecule has 1 aliphatic rings. The maximum absolute atomic E-state index is 12.5. The van der Waals surface area contributed by atoms with Crippen molar-refractivity contribution >= 4 is 11.9 Å². The Labute approximate surface area is 123 Å². The summed E-state index contributed by atoms with van der Waals surface area (Å²) in [6.45, 7) is 0.400. The summed E-state index contributed by atoms with van der Waals surface area (Å²) in [4.78, 5) is 24.9. The summed E-state index contributed by atoms with van der Waals surface area (Å²) in [7, 11) is 0. The van der Waals surface area contributed by atoms with Crippen LogP contribution in [0.5, 0.6) is 0 Å². The highest BCUT2D eigenvalue weighted by molar-refractivity contribution is 5.82. The summed E-state index contributed by atoms with van der Waals surface area (Å²) in [6, 6.07) is 3.03. The first-order valence-corrected chi connectivity index (χ1v) is 7.38. The van der Waals surface area contributed by atoms with Crippen molar-refractivity contribution in [2.24, 2.45) is 5.73 Å². The normalized spacial score (nSPS) is 16.8. The van der Waals surface area contributed by atoms with E-state index in [0.717, 1.165) is 31.4 Å². The van der Waals surface area contributed by atoms with Crippen LogP contribution in [-0.4, -0.2) is 34.0 Å². The summed E-state index contributed by atoms with van der Waals surface area (Å²) in [5.41, 5.74) is 5.88. The molecule has 0 bridgehead atoms. The number of aliphatic carboxylic acids is 1. The average molecular weight is 294 g/mol. The molecular weight excluding hydrogens is 272 g/mol. The fourth-order valence-corrected chi connectivity index (χ4v) is 2.79. The van der Waals surface area contributed by atoms with Crippen LogP contribution in [0.1, 0.15) is 44.3 Å². The van der Waals surface area contributed by atoms with Crippen molar-refractivity contribution in [2.75, 3.05) is 0 Å². The van der Waals surface area contributed by atoms with Crippen LogP contribution in [-0.2, 0) is 16.1 Å². The van der Waals surface area contributed by atoms with Gasteiger partial charge >= 0.3 is 5.97 Å². The number of amides is 1. The van der Waals surface area contributed by atoms with Gasteiger partial charge < -0.3 is 20.2 Å². The van der Waals surface area contributed by atoms with E-state index in [0.29, 0.717) is 6.54 Å². The number of carbonyl (C=O) groups is 2. The van der Waals surface area contributed by atoms with Crippen molar-refractivity contribution in [3.8, 4) is 0 Å². The Hall–Kier alpha value is -1.82. The molecule has 0 spiro atoms. The molecule has 6 heteroatoms. The Bertz CT molecular complexity index is 466. The molecule has 0 aromatic carbocycles. The predicted molar refractivity (Wildman–Crippen MR) is 76.4 cm³/mol. The third-order valence-corrected chi connectivity index (χ3v) is 3.94. The zero-order chi connectivity index (χ0) is 15.2. The molecule has 0 saturated heterocycles. The summed E-state index contributed by atoms with van der Waals surface area (Å²) >= 11 is 0. The van der Waals surface area contributed by atoms with E-state index in [2.05, 4.69) is 0 Å². The number of carboxylic acid groups (broad SMARTS) is 1. The van der Waals surface area contributed by atoms with E-state index < -0.39 is 12.0 Å². The highest BCUT2D eigenvalue weighted by Gasteiger charge is 2.30. The summed E-state index contributed by atoms with van der Waals surface area (Å²) < 4.78 is 5.32. The number of nitrogens with zero attached hydrogens (tertiary/aromatic N) is 1. The lowest BCUT2D eigenvalue weighted by molar-refractivity contribution is -0.138. The predicted octanol–water partition coefficient (Wildman–Crippen LogP) is 1.74. The molecule has 1 aromatic heterocycles. The largest absolute Gasteiger partial charge is 0.481 e. The van der Waals surface area contributed by atoms with Crippen LogP contribution < -0.4 is 5.73 Å². The minimum atomic E-state index is -0.934. The fourth-order valence-electron chi connectivity index (χ4n) is 2.79. The molecule has 0 radical (unpaired) electrons. The van der Waals surface area contributed by atoms with Gasteiger partial charge in [-0.15, -0.1) is 0 Å². The first-order chi connectivity index (χ1) is 10.1. The van der Waals surface area contributed by atoms with Crippen LogP contribution in [0.2, 0.25) is 0 Å². The maximum Gasteiger partial charge on any atom is 0.303 e. The minimum Gasteiger partial charge on any atom is -0.481 e. The monoisotopic (exact) mass is 294 g/mol. The number of carboxylic acids is 1. The lowest BCUT2D eigenvalue weighted by atomic mass is 10.1. The van der Waals surface area contributed by atoms with Crippen molar-refractivity contribution in [3.05, 3.63) is 24.2 Å². The third-order valence-electron chi connectivity index (χ3n) is 3.94. The van der Waals surface area contributed by atoms with E-state index in [1.807, 2.05) is 6.07 Å². The third kappa shape index (κ3) is 4.32. The zero-order valence-electron chi connectivity index (χ0n) is 12.0. The molecule has 6 nitrogen and oxygen atoms in total. The Morgan fingerprint density at radius 1 is 1.43 bits per heavy atom. The maximum atomic E-state index is 12.5. The van der Waals surface area contributed by atoms with Crippen molar-refractivity contribution < 1.29 is 19.1 Å². The fraction of sp³-hybridized carbons (Fsp3) is 0.600. The van der Waals surface area contributed by atoms with Gasteiger partial charge in [-0.05, 0) is 31.4 Å². The average Bonchev–Trinajstić information content (AvgIpc) is 3.13. The molecule has 0 aliphatic heterocycles. The van der Waals surface area contributed by atoms with Crippen LogP contribution in [0.4, 0.5) is 0 Å². The lowest BCUT2D eigenvalue weighted by Gasteiger charge is -2.30. The van der Waals surface area contributed by atoms with Crippen LogP contribution in [0, 0.1) is 0 Å². The number of hydrogen-bond donors (Lipinski definition) is 2. The molecule has 1 aliphatic carbocycles. The molecule has 21 heavy (non-hydrogen) atoms. The van der Waals surface area contributed by atoms with Crippen LogP contribution in [0.25, 0.3) is 0 Å². The first kappa shape index (κ1) is 15.6. The van der Waals surface area contributed by atoms with E-state index in [4.69, 9.17) is 15.3 Å². The lowest BCUT2D eigenvalue weighted by Crippen LogP contribution is -2.47. The molecule has 1 atom stereocenters. The van der Waals surface area contributed by atoms with Gasteiger partial charge in [-0.3, -0.25) is 9.59 Å². The highest BCUT2D eigenvalue weighted by Crippen LogP contribution is 2.26. The van der Waals surface area contributed by atoms with Gasteiger partial charge in [0.05, 0.1) is 18.8 Å². The van der Waals surface area contributed by atoms with Gasteiger partial charge in [-0.2, -0.15) is 0 Å². The number of hydrogen-bond acceptors (Lipinski definition) is 4. The topological polar surface area (TPSA) is 96.8 Å². The molecule has 1 aromatic rings. The zero-order valence-corrected chi connectivity index (χ0v) is 12.0. The molecule has 1 saturated carbocycles. The van der Waals surface area contributed by atoms with E-state index in [9.17, 15) is 9.59 Å². The minimum absolute atomic E-state index is 0.0911. The molecule has 116 valence electrons. The molecule has 1 amide bonds. The second-order valence-electron chi connectivity index (χ2n) is 5.52. The Balaban J connectivity index is 2.02. The van der Waals surface area contributed by atoms with E-state index >= 15 is 0 Å². The van der Waals surface area contributed by atoms with Crippen molar-refractivity contribution in [1.82, 2.24) is 4.90 Å². The van der Waals surface area contributed by atoms with Gasteiger partial charge in [0.1, 0.15) is 5.76 Å². The van der Waals surface area contributed by atoms with Gasteiger partial charge in [0.2, 0.25) is 5.91 Å². The van der Waals surface area contributed by atoms with Crippen LogP contribution in [0.3, 0.4) is 0 Å². The number of rotatable bonds is 7. The first-order valence-electron chi connectivity index (χ1n) is 7.38. The number of nitrogens with two attached hydrogens (primary N) is 1. The molecule has 1 fully saturated rings. The Morgan fingerprint density at radius 3 is 2.71 bits per heavy atom. The molecule has 3 N–H and O–H groups in total. The van der Waals surface area contributed by atoms with Crippen LogP contribution in [0.15, 0.2) is 22.8 Å². The summed E-state index contributed by atoms with van der Waals surface area (Å²) in [6.07, 6.45) is 5.81. The van der Waals surface area contributed by atoms with Crippen molar-refractivity contribution in [1.29, 1.82) is 0 Å². The molecule has 1 heterocycles. The highest BCUT2D eigenvalue weighted by atomic mass is 16.4. The Morgan fingerprint density at radius 2 is 2.14 bits per heavy atom. The molecular formula is C15H22N2O4. The number of furan rings is 1. The SMILES string of the molecule is NC(CCC(=O)O)C(=O)N(Cc1ccco1)C1CCCC1. The van der Waals surface area contributed by atoms with E-state index in [-0.39, 0.29) is 24.8 Å². The molecule has 1 unspecified atom stereocenters. The van der Waals surface area contributed by atoms with E-state index in [1.165, 1.54) is 0 Å². The Kier molecular flexibility index (Phi) is 5.38. The van der Waals surface area contributed by atoms with Gasteiger partial charge in [0, 0.05) is 12.5 Å². The van der Waals surface area contributed by atoms with E-state index in [1.54, 1.807) is 17.2 Å². The second-order valence-corrected chi connectivity index (χ2v) is 5.52. The van der Waals surface area contributed by atoms with Crippen LogP contribution >= 0.6 is 0 Å². The number of carbonyl (C=O) groups excluding carboxylic acids is 1. The quantitative estimate of drug-likeness (QED) is 0.798. The van der Waals surface area contributed by atoms with Gasteiger partial charge in [-0.1, -0.05) is 12.8 Å². The van der Waals surface area contributed by atoms with Crippen molar-refractivity contribution in [3.63, 3.8) is 0 Å². The van der Waals surface area contributed by atoms with Gasteiger partial charge in [0.15, 0.2) is 0 Å². The van der Waals surface area contributed by atoms with Gasteiger partial charge in [0.25, 0.3) is 0 Å². The van der Waals surface area contributed by atoms with Gasteiger partial charge in [-0.25, -0.2) is 0 Å². The smallest absolute Gasteiger partial charge is 0.303 e. The second kappa shape index (κ2) is 7.26. The van der Waals surface area contributed by atoms with Crippen molar-refractivity contribution in [2.45, 2.75) is 57.2 Å². The molecule has 2 rings (SSSR count). The summed E-state index contributed by atoms with van der Waals surface area (Å²) in [5.74, 6) is -0.392. The standard InChI is InChI=1S/C15H22N2O4/c16-13(7-8-14(18)19)15(20)17(11-4-1-2-5-11)10-12-6-3-9-21-12/h3,6,9,11,13H,1-2,4-5,7-8,10,16H2,(H,18,19). The summed E-state index contributed by atoms with van der Waals surface area (Å²) in [5, 5.41) is 8.71.